The monoisotopic (exact) mass is 542 g/mol. The molecule has 1 fully saturated rings. The van der Waals surface area contributed by atoms with Gasteiger partial charge in [-0.1, -0.05) is 30.3 Å². The van der Waals surface area contributed by atoms with Gasteiger partial charge in [0.2, 0.25) is 10.0 Å². The Bertz CT molecular complexity index is 1130. The molecule has 9 heteroatoms. The summed E-state index contributed by atoms with van der Waals surface area (Å²) < 4.78 is 29.2. The predicted octanol–water partition coefficient (Wildman–Crippen LogP) is 4.57. The molecule has 3 aromatic rings. The Morgan fingerprint density at radius 3 is 2.25 bits per heavy atom. The van der Waals surface area contributed by atoms with Gasteiger partial charge in [0.05, 0.1) is 13.6 Å². The van der Waals surface area contributed by atoms with Crippen LogP contribution in [0.1, 0.15) is 9.67 Å². The summed E-state index contributed by atoms with van der Waals surface area (Å²) in [6, 6.07) is 14.7. The van der Waals surface area contributed by atoms with E-state index in [0.717, 1.165) is 19.0 Å². The van der Waals surface area contributed by atoms with Crippen LogP contribution in [0, 0.1) is 0 Å². The average Bonchev–Trinajstić information content (AvgIpc) is 3.05. The molecule has 2 aromatic carbocycles. The molecule has 1 aromatic heterocycles. The van der Waals surface area contributed by atoms with E-state index in [1.807, 2.05) is 30.3 Å². The third-order valence-corrected chi connectivity index (χ3v) is 9.88. The lowest BCUT2D eigenvalue weighted by Crippen LogP contribution is -2.50. The normalized spacial score (nSPS) is 15.9. The third kappa shape index (κ3) is 3.78. The average molecular weight is 544 g/mol. The lowest BCUT2D eigenvalue weighted by atomic mass is 10.1. The molecule has 4 rings (SSSR count). The quantitative estimate of drug-likeness (QED) is 0.486. The predicted molar refractivity (Wildman–Crippen MR) is 118 cm³/mol. The number of fused-ring (bicyclic) bond motifs is 1. The van der Waals surface area contributed by atoms with E-state index >= 15 is 0 Å². The molecule has 0 bridgehead atoms. The van der Waals surface area contributed by atoms with Crippen molar-refractivity contribution in [2.24, 2.45) is 0 Å². The van der Waals surface area contributed by atoms with Crippen molar-refractivity contribution in [1.82, 2.24) is 9.21 Å². The first-order chi connectivity index (χ1) is 13.4. The van der Waals surface area contributed by atoms with Gasteiger partial charge >= 0.3 is 0 Å². The summed E-state index contributed by atoms with van der Waals surface area (Å²) in [7, 11) is -3.59. The van der Waals surface area contributed by atoms with Crippen molar-refractivity contribution < 1.29 is 13.2 Å². The zero-order valence-corrected chi connectivity index (χ0v) is 19.4. The number of hydrogen-bond acceptors (Lipinski definition) is 4. The van der Waals surface area contributed by atoms with E-state index in [1.54, 1.807) is 23.1 Å². The second-order valence-electron chi connectivity index (χ2n) is 6.44. The molecule has 1 saturated heterocycles. The van der Waals surface area contributed by atoms with Crippen LogP contribution in [0.3, 0.4) is 0 Å². The van der Waals surface area contributed by atoms with E-state index in [1.165, 1.54) is 15.6 Å². The van der Waals surface area contributed by atoms with Gasteiger partial charge in [-0.25, -0.2) is 8.42 Å². The van der Waals surface area contributed by atoms with E-state index in [9.17, 15) is 13.2 Å². The summed E-state index contributed by atoms with van der Waals surface area (Å²) in [6.45, 7) is 1.32. The standard InChI is InChI=1S/C19H16Br2N2O3S2/c20-16-12-17(27-18(16)21)19(24)22-7-9-23(10-8-22)28(25,26)15-6-5-13-3-1-2-4-14(13)11-15/h1-6,11-12H,7-10H2. The summed E-state index contributed by atoms with van der Waals surface area (Å²) in [4.78, 5) is 15.3. The summed E-state index contributed by atoms with van der Waals surface area (Å²) >= 11 is 8.16. The Labute approximate surface area is 184 Å². The highest BCUT2D eigenvalue weighted by Gasteiger charge is 2.31. The first kappa shape index (κ1) is 20.0. The Morgan fingerprint density at radius 1 is 0.929 bits per heavy atom. The number of rotatable bonds is 3. The van der Waals surface area contributed by atoms with Crippen LogP contribution in [0.4, 0.5) is 0 Å². The van der Waals surface area contributed by atoms with Crippen LogP contribution in [0.2, 0.25) is 0 Å². The molecule has 1 aliphatic heterocycles. The van der Waals surface area contributed by atoms with Gasteiger partial charge in [-0.05, 0) is 60.8 Å². The van der Waals surface area contributed by atoms with E-state index < -0.39 is 10.0 Å². The Kier molecular flexibility index (Phi) is 5.63. The largest absolute Gasteiger partial charge is 0.335 e. The first-order valence-corrected chi connectivity index (χ1v) is 12.4. The molecule has 2 heterocycles. The van der Waals surface area contributed by atoms with Gasteiger partial charge in [-0.2, -0.15) is 4.31 Å². The minimum Gasteiger partial charge on any atom is -0.335 e. The van der Waals surface area contributed by atoms with Crippen molar-refractivity contribution in [3.05, 3.63) is 61.7 Å². The maximum absolute atomic E-state index is 13.0. The van der Waals surface area contributed by atoms with Gasteiger partial charge in [0.1, 0.15) is 0 Å². The number of piperazine rings is 1. The Hall–Kier alpha value is -1.26. The SMILES string of the molecule is O=C(c1cc(Br)c(Br)s1)N1CCN(S(=O)(=O)c2ccc3ccccc3c2)CC1. The van der Waals surface area contributed by atoms with Crippen LogP contribution in [0.15, 0.2) is 61.7 Å². The van der Waals surface area contributed by atoms with Crippen LogP contribution >= 0.6 is 43.2 Å². The number of hydrogen-bond donors (Lipinski definition) is 0. The van der Waals surface area contributed by atoms with Crippen LogP contribution in [-0.4, -0.2) is 49.7 Å². The molecule has 0 unspecified atom stereocenters. The van der Waals surface area contributed by atoms with Gasteiger partial charge in [-0.3, -0.25) is 4.79 Å². The zero-order valence-electron chi connectivity index (χ0n) is 14.6. The molecule has 0 atom stereocenters. The van der Waals surface area contributed by atoms with Gasteiger partial charge in [-0.15, -0.1) is 11.3 Å². The van der Waals surface area contributed by atoms with Crippen molar-refractivity contribution in [1.29, 1.82) is 0 Å². The number of carbonyl (C=O) groups is 1. The molecule has 28 heavy (non-hydrogen) atoms. The number of carbonyl (C=O) groups excluding carboxylic acids is 1. The fourth-order valence-corrected chi connectivity index (χ4v) is 6.68. The molecule has 0 aliphatic carbocycles. The van der Waals surface area contributed by atoms with E-state index in [0.29, 0.717) is 18.0 Å². The molecule has 0 radical (unpaired) electrons. The second kappa shape index (κ2) is 7.87. The molecule has 0 N–H and O–H groups in total. The number of sulfonamides is 1. The molecular formula is C19H16Br2N2O3S2. The van der Waals surface area contributed by atoms with Crippen LogP contribution < -0.4 is 0 Å². The fourth-order valence-electron chi connectivity index (χ4n) is 3.22. The minimum absolute atomic E-state index is 0.0702. The topological polar surface area (TPSA) is 57.7 Å². The molecule has 5 nitrogen and oxygen atoms in total. The molecular weight excluding hydrogens is 528 g/mol. The smallest absolute Gasteiger partial charge is 0.264 e. The van der Waals surface area contributed by atoms with Crippen LogP contribution in [0.5, 0.6) is 0 Å². The van der Waals surface area contributed by atoms with Crippen LogP contribution in [-0.2, 0) is 10.0 Å². The lowest BCUT2D eigenvalue weighted by molar-refractivity contribution is 0.0703. The number of amides is 1. The Balaban J connectivity index is 1.49. The van der Waals surface area contributed by atoms with Gasteiger partial charge in [0.15, 0.2) is 0 Å². The third-order valence-electron chi connectivity index (χ3n) is 4.74. The molecule has 146 valence electrons. The summed E-state index contributed by atoms with van der Waals surface area (Å²) in [6.07, 6.45) is 0. The highest BCUT2D eigenvalue weighted by Crippen LogP contribution is 2.33. The Morgan fingerprint density at radius 2 is 1.61 bits per heavy atom. The number of thiophene rings is 1. The highest BCUT2D eigenvalue weighted by molar-refractivity contribution is 9.13. The van der Waals surface area contributed by atoms with Gasteiger partial charge in [0.25, 0.3) is 5.91 Å². The fraction of sp³-hybridized carbons (Fsp3) is 0.211. The number of benzene rings is 2. The van der Waals surface area contributed by atoms with Crippen molar-refractivity contribution in [2.75, 3.05) is 26.2 Å². The van der Waals surface area contributed by atoms with Gasteiger partial charge in [0, 0.05) is 30.7 Å². The lowest BCUT2D eigenvalue weighted by Gasteiger charge is -2.33. The van der Waals surface area contributed by atoms with Crippen LogP contribution in [0.25, 0.3) is 10.8 Å². The first-order valence-electron chi connectivity index (χ1n) is 8.59. The van der Waals surface area contributed by atoms with Gasteiger partial charge < -0.3 is 4.90 Å². The summed E-state index contributed by atoms with van der Waals surface area (Å²) in [5, 5.41) is 1.90. The van der Waals surface area contributed by atoms with Crippen molar-refractivity contribution in [3.8, 4) is 0 Å². The molecule has 0 spiro atoms. The van der Waals surface area contributed by atoms with E-state index in [2.05, 4.69) is 31.9 Å². The maximum Gasteiger partial charge on any atom is 0.264 e. The summed E-state index contributed by atoms with van der Waals surface area (Å²) in [5.41, 5.74) is 0. The highest BCUT2D eigenvalue weighted by atomic mass is 79.9. The minimum atomic E-state index is -3.59. The number of halogens is 2. The number of nitrogens with zero attached hydrogens (tertiary/aromatic N) is 2. The van der Waals surface area contributed by atoms with Crippen molar-refractivity contribution in [3.63, 3.8) is 0 Å². The zero-order chi connectivity index (χ0) is 19.9. The van der Waals surface area contributed by atoms with Crippen molar-refractivity contribution in [2.45, 2.75) is 4.90 Å². The molecule has 1 amide bonds. The maximum atomic E-state index is 13.0. The second-order valence-corrected chi connectivity index (χ2v) is 11.6. The molecule has 0 saturated carbocycles. The summed E-state index contributed by atoms with van der Waals surface area (Å²) in [5.74, 6) is -0.0702. The molecule has 1 aliphatic rings. The van der Waals surface area contributed by atoms with Crippen molar-refractivity contribution >= 4 is 69.9 Å². The van der Waals surface area contributed by atoms with E-state index in [4.69, 9.17) is 0 Å². The van der Waals surface area contributed by atoms with E-state index in [-0.39, 0.29) is 23.9 Å².